The molecule has 0 saturated carbocycles. The number of hydrogen-bond acceptors (Lipinski definition) is 3. The first-order valence-electron chi connectivity index (χ1n) is 7.57. The Bertz CT molecular complexity index is 741. The van der Waals surface area contributed by atoms with Crippen molar-refractivity contribution in [1.29, 1.82) is 0 Å². The molecular weight excluding hydrogens is 296 g/mol. The normalized spacial score (nSPS) is 23.0. The summed E-state index contributed by atoms with van der Waals surface area (Å²) in [6.45, 7) is 1.66. The van der Waals surface area contributed by atoms with Gasteiger partial charge in [0.2, 0.25) is 0 Å². The number of aliphatic imine (C=N–C) groups is 1. The molecule has 1 unspecified atom stereocenters. The SMILES string of the molecule is OC1(Cc2ccc(Cl)cc2)c2ccccc2C2=NCCCN21. The average molecular weight is 313 g/mol. The number of fused-ring (bicyclic) bond motifs is 3. The van der Waals surface area contributed by atoms with Crippen LogP contribution >= 0.6 is 11.6 Å². The Morgan fingerprint density at radius 3 is 2.73 bits per heavy atom. The smallest absolute Gasteiger partial charge is 0.170 e. The Morgan fingerprint density at radius 1 is 1.14 bits per heavy atom. The van der Waals surface area contributed by atoms with Crippen molar-refractivity contribution in [1.82, 2.24) is 4.90 Å². The van der Waals surface area contributed by atoms with Crippen molar-refractivity contribution in [2.45, 2.75) is 18.6 Å². The van der Waals surface area contributed by atoms with E-state index in [1.807, 2.05) is 48.5 Å². The van der Waals surface area contributed by atoms with E-state index in [0.717, 1.165) is 42.0 Å². The fraction of sp³-hybridized carbons (Fsp3) is 0.278. The summed E-state index contributed by atoms with van der Waals surface area (Å²) in [5, 5.41) is 12.2. The van der Waals surface area contributed by atoms with Gasteiger partial charge in [0, 0.05) is 35.7 Å². The van der Waals surface area contributed by atoms with Crippen LogP contribution in [-0.2, 0) is 12.1 Å². The molecule has 0 fully saturated rings. The van der Waals surface area contributed by atoms with Gasteiger partial charge in [-0.1, -0.05) is 48.0 Å². The Balaban J connectivity index is 1.80. The zero-order valence-electron chi connectivity index (χ0n) is 12.2. The highest BCUT2D eigenvalue weighted by molar-refractivity contribution is 6.30. The molecule has 0 bridgehead atoms. The first-order valence-corrected chi connectivity index (χ1v) is 7.95. The van der Waals surface area contributed by atoms with Crippen LogP contribution < -0.4 is 0 Å². The van der Waals surface area contributed by atoms with Gasteiger partial charge in [0.15, 0.2) is 5.72 Å². The van der Waals surface area contributed by atoms with Crippen LogP contribution in [0.2, 0.25) is 5.02 Å². The van der Waals surface area contributed by atoms with Gasteiger partial charge in [0.05, 0.1) is 0 Å². The van der Waals surface area contributed by atoms with Crippen molar-refractivity contribution in [3.8, 4) is 0 Å². The molecule has 0 radical (unpaired) electrons. The van der Waals surface area contributed by atoms with E-state index in [1.165, 1.54) is 0 Å². The lowest BCUT2D eigenvalue weighted by Crippen LogP contribution is -2.47. The van der Waals surface area contributed by atoms with Crippen LogP contribution in [0.4, 0.5) is 0 Å². The van der Waals surface area contributed by atoms with Crippen molar-refractivity contribution in [3.63, 3.8) is 0 Å². The van der Waals surface area contributed by atoms with Crippen LogP contribution in [0.1, 0.15) is 23.1 Å². The van der Waals surface area contributed by atoms with E-state index in [1.54, 1.807) is 0 Å². The highest BCUT2D eigenvalue weighted by Crippen LogP contribution is 2.41. The summed E-state index contributed by atoms with van der Waals surface area (Å²) >= 11 is 5.96. The summed E-state index contributed by atoms with van der Waals surface area (Å²) in [6, 6.07) is 15.7. The van der Waals surface area contributed by atoms with Crippen LogP contribution in [0.25, 0.3) is 0 Å². The summed E-state index contributed by atoms with van der Waals surface area (Å²) in [6.07, 6.45) is 1.50. The molecule has 22 heavy (non-hydrogen) atoms. The molecule has 2 aliphatic heterocycles. The summed E-state index contributed by atoms with van der Waals surface area (Å²) in [7, 11) is 0. The van der Waals surface area contributed by atoms with Gasteiger partial charge in [-0.2, -0.15) is 0 Å². The zero-order chi connectivity index (χ0) is 15.2. The molecule has 2 aromatic rings. The highest BCUT2D eigenvalue weighted by atomic mass is 35.5. The first kappa shape index (κ1) is 13.8. The van der Waals surface area contributed by atoms with E-state index in [9.17, 15) is 5.11 Å². The highest BCUT2D eigenvalue weighted by Gasteiger charge is 2.47. The first-order chi connectivity index (χ1) is 10.7. The lowest BCUT2D eigenvalue weighted by Gasteiger charge is -2.37. The maximum atomic E-state index is 11.5. The Labute approximate surface area is 134 Å². The molecule has 4 heteroatoms. The van der Waals surface area contributed by atoms with E-state index >= 15 is 0 Å². The predicted molar refractivity (Wildman–Crippen MR) is 88.2 cm³/mol. The molecule has 0 aromatic heterocycles. The van der Waals surface area contributed by atoms with Gasteiger partial charge in [-0.25, -0.2) is 0 Å². The Morgan fingerprint density at radius 2 is 1.91 bits per heavy atom. The Kier molecular flexibility index (Phi) is 3.21. The molecule has 2 aliphatic rings. The lowest BCUT2D eigenvalue weighted by atomic mass is 9.94. The van der Waals surface area contributed by atoms with Crippen molar-refractivity contribution in [2.24, 2.45) is 4.99 Å². The third-order valence-corrected chi connectivity index (χ3v) is 4.72. The predicted octanol–water partition coefficient (Wildman–Crippen LogP) is 3.19. The number of amidine groups is 1. The number of nitrogens with zero attached hydrogens (tertiary/aromatic N) is 2. The molecule has 1 atom stereocenters. The fourth-order valence-corrected chi connectivity index (χ4v) is 3.57. The van der Waals surface area contributed by atoms with Gasteiger partial charge in [0.25, 0.3) is 0 Å². The van der Waals surface area contributed by atoms with Crippen LogP contribution in [0.15, 0.2) is 53.5 Å². The second kappa shape index (κ2) is 5.11. The summed E-state index contributed by atoms with van der Waals surface area (Å²) in [4.78, 5) is 6.70. The van der Waals surface area contributed by atoms with Crippen LogP contribution in [0.3, 0.4) is 0 Å². The molecular formula is C18H17ClN2O. The van der Waals surface area contributed by atoms with Crippen LogP contribution in [0, 0.1) is 0 Å². The molecule has 0 amide bonds. The zero-order valence-corrected chi connectivity index (χ0v) is 12.9. The number of halogens is 1. The Hall–Kier alpha value is -1.84. The second-order valence-corrected chi connectivity index (χ2v) is 6.31. The number of hydrogen-bond donors (Lipinski definition) is 1. The third kappa shape index (κ3) is 2.04. The van der Waals surface area contributed by atoms with E-state index in [0.29, 0.717) is 11.4 Å². The van der Waals surface area contributed by atoms with Crippen molar-refractivity contribution in [2.75, 3.05) is 13.1 Å². The molecule has 2 heterocycles. The van der Waals surface area contributed by atoms with E-state index < -0.39 is 5.72 Å². The quantitative estimate of drug-likeness (QED) is 0.924. The number of benzene rings is 2. The maximum absolute atomic E-state index is 11.5. The third-order valence-electron chi connectivity index (χ3n) is 4.47. The van der Waals surface area contributed by atoms with Gasteiger partial charge in [-0.05, 0) is 24.1 Å². The lowest BCUT2D eigenvalue weighted by molar-refractivity contribution is -0.0703. The molecule has 0 aliphatic carbocycles. The minimum Gasteiger partial charge on any atom is -0.366 e. The van der Waals surface area contributed by atoms with Crippen molar-refractivity contribution < 1.29 is 5.11 Å². The van der Waals surface area contributed by atoms with Gasteiger partial charge < -0.3 is 10.0 Å². The molecule has 2 aromatic carbocycles. The van der Waals surface area contributed by atoms with Crippen LogP contribution in [0.5, 0.6) is 0 Å². The van der Waals surface area contributed by atoms with Crippen molar-refractivity contribution >= 4 is 17.4 Å². The molecule has 3 nitrogen and oxygen atoms in total. The molecule has 0 spiro atoms. The molecule has 1 N–H and O–H groups in total. The fourth-order valence-electron chi connectivity index (χ4n) is 3.45. The standard InChI is InChI=1S/C18H17ClN2O/c19-14-8-6-13(7-9-14)12-18(22)16-5-2-1-4-15(16)17-20-10-3-11-21(17)18/h1-2,4-9,22H,3,10-12H2. The monoisotopic (exact) mass is 312 g/mol. The number of rotatable bonds is 2. The average Bonchev–Trinajstić information content (AvgIpc) is 2.80. The van der Waals surface area contributed by atoms with E-state index in [-0.39, 0.29) is 0 Å². The van der Waals surface area contributed by atoms with E-state index in [4.69, 9.17) is 11.6 Å². The van der Waals surface area contributed by atoms with Gasteiger partial charge in [-0.15, -0.1) is 0 Å². The summed E-state index contributed by atoms with van der Waals surface area (Å²) < 4.78 is 0. The summed E-state index contributed by atoms with van der Waals surface area (Å²) in [5.74, 6) is 0.929. The minimum atomic E-state index is -1.02. The topological polar surface area (TPSA) is 35.8 Å². The molecule has 112 valence electrons. The minimum absolute atomic E-state index is 0.528. The summed E-state index contributed by atoms with van der Waals surface area (Å²) in [5.41, 5.74) is 2.04. The number of aliphatic hydroxyl groups is 1. The molecule has 0 saturated heterocycles. The van der Waals surface area contributed by atoms with Crippen LogP contribution in [-0.4, -0.2) is 28.9 Å². The largest absolute Gasteiger partial charge is 0.366 e. The van der Waals surface area contributed by atoms with Crippen molar-refractivity contribution in [3.05, 3.63) is 70.2 Å². The maximum Gasteiger partial charge on any atom is 0.170 e. The van der Waals surface area contributed by atoms with Gasteiger partial charge >= 0.3 is 0 Å². The van der Waals surface area contributed by atoms with E-state index in [2.05, 4.69) is 9.89 Å². The van der Waals surface area contributed by atoms with Gasteiger partial charge in [0.1, 0.15) is 5.84 Å². The van der Waals surface area contributed by atoms with Gasteiger partial charge in [-0.3, -0.25) is 4.99 Å². The second-order valence-electron chi connectivity index (χ2n) is 5.88. The molecule has 4 rings (SSSR count).